The van der Waals surface area contributed by atoms with Crippen molar-refractivity contribution in [1.82, 2.24) is 4.98 Å². The minimum atomic E-state index is 0.486. The van der Waals surface area contributed by atoms with Crippen molar-refractivity contribution >= 4 is 11.6 Å². The van der Waals surface area contributed by atoms with Gasteiger partial charge < -0.3 is 5.73 Å². The second-order valence-corrected chi connectivity index (χ2v) is 2.75. The summed E-state index contributed by atoms with van der Waals surface area (Å²) in [5.74, 6) is 0. The molecule has 1 rings (SSSR count). The number of nitrogens with two attached hydrogens (primary N) is 1. The molecule has 0 bridgehead atoms. The molecule has 0 fully saturated rings. The van der Waals surface area contributed by atoms with Crippen molar-refractivity contribution in [2.75, 3.05) is 0 Å². The van der Waals surface area contributed by atoms with Crippen molar-refractivity contribution in [3.8, 4) is 0 Å². The van der Waals surface area contributed by atoms with E-state index in [9.17, 15) is 0 Å². The summed E-state index contributed by atoms with van der Waals surface area (Å²) in [5, 5.41) is 0.680. The lowest BCUT2D eigenvalue weighted by Crippen LogP contribution is -2.03. The molecule has 0 spiro atoms. The van der Waals surface area contributed by atoms with Crippen LogP contribution in [0.5, 0.6) is 0 Å². The predicted octanol–water partition coefficient (Wildman–Crippen LogP) is 1.76. The van der Waals surface area contributed by atoms with E-state index in [4.69, 9.17) is 17.3 Å². The second-order valence-electron chi connectivity index (χ2n) is 2.32. The van der Waals surface area contributed by atoms with Crippen molar-refractivity contribution in [1.29, 1.82) is 0 Å². The molecule has 11 heavy (non-hydrogen) atoms. The van der Waals surface area contributed by atoms with Gasteiger partial charge in [-0.3, -0.25) is 4.98 Å². The monoisotopic (exact) mass is 170 g/mol. The summed E-state index contributed by atoms with van der Waals surface area (Å²) >= 11 is 5.75. The molecule has 0 amide bonds. The normalized spacial score (nSPS) is 10.1. The summed E-state index contributed by atoms with van der Waals surface area (Å²) < 4.78 is 0. The number of aromatic nitrogens is 1. The number of hydrogen-bond acceptors (Lipinski definition) is 2. The average molecular weight is 171 g/mol. The minimum absolute atomic E-state index is 0.486. The average Bonchev–Trinajstić information content (AvgIpc) is 2.04. The van der Waals surface area contributed by atoms with E-state index in [2.05, 4.69) is 11.9 Å². The highest BCUT2D eigenvalue weighted by atomic mass is 35.5. The zero-order valence-corrected chi connectivity index (χ0v) is 7.23. The Hall–Kier alpha value is -0.600. The molecule has 2 nitrogen and oxygen atoms in total. The van der Waals surface area contributed by atoms with E-state index in [-0.39, 0.29) is 0 Å². The van der Waals surface area contributed by atoms with Crippen LogP contribution in [0.15, 0.2) is 12.3 Å². The first kappa shape index (κ1) is 8.50. The Bertz CT molecular complexity index is 248. The Morgan fingerprint density at radius 1 is 1.64 bits per heavy atom. The van der Waals surface area contributed by atoms with Gasteiger partial charge in [0.25, 0.3) is 0 Å². The fourth-order valence-corrected chi connectivity index (χ4v) is 1.18. The van der Waals surface area contributed by atoms with Crippen LogP contribution in [-0.2, 0) is 13.0 Å². The molecule has 3 heteroatoms. The van der Waals surface area contributed by atoms with E-state index >= 15 is 0 Å². The van der Waals surface area contributed by atoms with Gasteiger partial charge in [0, 0.05) is 12.7 Å². The summed E-state index contributed by atoms with van der Waals surface area (Å²) in [6.07, 6.45) is 2.56. The van der Waals surface area contributed by atoms with E-state index < -0.39 is 0 Å². The van der Waals surface area contributed by atoms with Gasteiger partial charge in [0.15, 0.2) is 0 Å². The van der Waals surface area contributed by atoms with E-state index in [1.165, 1.54) is 0 Å². The van der Waals surface area contributed by atoms with Crippen molar-refractivity contribution in [2.24, 2.45) is 5.73 Å². The maximum Gasteiger partial charge on any atom is 0.0592 e. The Morgan fingerprint density at radius 2 is 2.36 bits per heavy atom. The van der Waals surface area contributed by atoms with Gasteiger partial charge in [-0.2, -0.15) is 0 Å². The Labute approximate surface area is 71.4 Å². The summed E-state index contributed by atoms with van der Waals surface area (Å²) in [6, 6.07) is 1.91. The van der Waals surface area contributed by atoms with Crippen LogP contribution in [0.3, 0.4) is 0 Å². The van der Waals surface area contributed by atoms with Crippen molar-refractivity contribution in [2.45, 2.75) is 19.9 Å². The zero-order chi connectivity index (χ0) is 8.27. The minimum Gasteiger partial charge on any atom is -0.325 e. The molecule has 0 saturated heterocycles. The van der Waals surface area contributed by atoms with Crippen LogP contribution in [-0.4, -0.2) is 4.98 Å². The van der Waals surface area contributed by atoms with Crippen LogP contribution >= 0.6 is 11.6 Å². The highest BCUT2D eigenvalue weighted by molar-refractivity contribution is 6.30. The maximum absolute atomic E-state index is 5.75. The topological polar surface area (TPSA) is 38.9 Å². The molecule has 0 aromatic carbocycles. The van der Waals surface area contributed by atoms with Crippen molar-refractivity contribution in [3.05, 3.63) is 28.5 Å². The molecule has 1 aromatic heterocycles. The number of rotatable bonds is 2. The SMILES string of the molecule is CCc1cc(Cl)cnc1CN. The summed E-state index contributed by atoms with van der Waals surface area (Å²) in [5.41, 5.74) is 7.55. The Kier molecular flexibility index (Phi) is 2.85. The van der Waals surface area contributed by atoms with Gasteiger partial charge in [-0.15, -0.1) is 0 Å². The van der Waals surface area contributed by atoms with Crippen LogP contribution in [0.25, 0.3) is 0 Å². The molecular formula is C8H11ClN2. The third-order valence-corrected chi connectivity index (χ3v) is 1.81. The molecule has 0 aliphatic carbocycles. The van der Waals surface area contributed by atoms with Gasteiger partial charge in [0.05, 0.1) is 10.7 Å². The van der Waals surface area contributed by atoms with E-state index in [0.717, 1.165) is 17.7 Å². The molecular weight excluding hydrogens is 160 g/mol. The van der Waals surface area contributed by atoms with Crippen LogP contribution < -0.4 is 5.73 Å². The van der Waals surface area contributed by atoms with Crippen LogP contribution in [0.1, 0.15) is 18.2 Å². The first-order chi connectivity index (χ1) is 5.27. The highest BCUT2D eigenvalue weighted by Crippen LogP contribution is 2.12. The maximum atomic E-state index is 5.75. The number of nitrogens with zero attached hydrogens (tertiary/aromatic N) is 1. The molecule has 0 radical (unpaired) electrons. The first-order valence-corrected chi connectivity index (χ1v) is 3.99. The summed E-state index contributed by atoms with van der Waals surface area (Å²) in [6.45, 7) is 2.55. The van der Waals surface area contributed by atoms with Gasteiger partial charge in [0.2, 0.25) is 0 Å². The van der Waals surface area contributed by atoms with Crippen LogP contribution in [0, 0.1) is 0 Å². The number of hydrogen-bond donors (Lipinski definition) is 1. The molecule has 2 N–H and O–H groups in total. The van der Waals surface area contributed by atoms with E-state index in [0.29, 0.717) is 11.6 Å². The number of pyridine rings is 1. The molecule has 0 aliphatic rings. The summed E-state index contributed by atoms with van der Waals surface area (Å²) in [4.78, 5) is 4.11. The molecule has 1 aromatic rings. The van der Waals surface area contributed by atoms with Gasteiger partial charge in [-0.25, -0.2) is 0 Å². The standard InChI is InChI=1S/C8H11ClN2/c1-2-6-3-7(9)5-11-8(6)4-10/h3,5H,2,4,10H2,1H3. The zero-order valence-electron chi connectivity index (χ0n) is 6.47. The highest BCUT2D eigenvalue weighted by Gasteiger charge is 1.99. The van der Waals surface area contributed by atoms with E-state index in [1.807, 2.05) is 6.07 Å². The predicted molar refractivity (Wildman–Crippen MR) is 46.5 cm³/mol. The van der Waals surface area contributed by atoms with Crippen molar-refractivity contribution in [3.63, 3.8) is 0 Å². The molecule has 0 atom stereocenters. The lowest BCUT2D eigenvalue weighted by atomic mass is 10.1. The van der Waals surface area contributed by atoms with Crippen molar-refractivity contribution < 1.29 is 0 Å². The third-order valence-electron chi connectivity index (χ3n) is 1.60. The second kappa shape index (κ2) is 3.69. The fraction of sp³-hybridized carbons (Fsp3) is 0.375. The number of aryl methyl sites for hydroxylation is 1. The fourth-order valence-electron chi connectivity index (χ4n) is 0.999. The Morgan fingerprint density at radius 3 is 2.91 bits per heavy atom. The third kappa shape index (κ3) is 1.91. The molecule has 0 saturated carbocycles. The Balaban J connectivity index is 3.06. The van der Waals surface area contributed by atoms with Gasteiger partial charge in [0.1, 0.15) is 0 Å². The largest absolute Gasteiger partial charge is 0.325 e. The van der Waals surface area contributed by atoms with Gasteiger partial charge in [-0.1, -0.05) is 18.5 Å². The van der Waals surface area contributed by atoms with E-state index in [1.54, 1.807) is 6.20 Å². The summed E-state index contributed by atoms with van der Waals surface area (Å²) in [7, 11) is 0. The van der Waals surface area contributed by atoms with Crippen LogP contribution in [0.2, 0.25) is 5.02 Å². The quantitative estimate of drug-likeness (QED) is 0.735. The van der Waals surface area contributed by atoms with Gasteiger partial charge >= 0.3 is 0 Å². The number of halogens is 1. The first-order valence-electron chi connectivity index (χ1n) is 3.61. The van der Waals surface area contributed by atoms with Gasteiger partial charge in [-0.05, 0) is 18.1 Å². The molecule has 60 valence electrons. The smallest absolute Gasteiger partial charge is 0.0592 e. The lowest BCUT2D eigenvalue weighted by molar-refractivity contribution is 0.936. The molecule has 1 heterocycles. The molecule has 0 aliphatic heterocycles. The molecule has 0 unspecified atom stereocenters. The lowest BCUT2D eigenvalue weighted by Gasteiger charge is -2.03. The van der Waals surface area contributed by atoms with Crippen LogP contribution in [0.4, 0.5) is 0 Å².